The summed E-state index contributed by atoms with van der Waals surface area (Å²) in [5.41, 5.74) is 0. The van der Waals surface area contributed by atoms with Crippen LogP contribution in [0.1, 0.15) is 0 Å². The number of hydrogen-bond donors (Lipinski definition) is 0. The van der Waals surface area contributed by atoms with E-state index >= 15 is 0 Å². The topological polar surface area (TPSA) is 9.23 Å². The van der Waals surface area contributed by atoms with Crippen LogP contribution >= 0.6 is 22.6 Å². The normalized spacial score (nSPS) is 15.4. The van der Waals surface area contributed by atoms with Gasteiger partial charge < -0.3 is 4.74 Å². The summed E-state index contributed by atoms with van der Waals surface area (Å²) in [5.74, 6) is 0. The molecule has 0 rings (SSSR count). The fraction of sp³-hybridized carbons (Fsp3) is 0.500. The molecule has 0 fully saturated rings. The monoisotopic (exact) mass is 324 g/mol. The van der Waals surface area contributed by atoms with Crippen molar-refractivity contribution in [3.05, 3.63) is 9.85 Å². The van der Waals surface area contributed by atoms with Crippen molar-refractivity contribution in [1.82, 2.24) is 0 Å². The molecule has 0 radical (unpaired) electrons. The lowest BCUT2D eigenvalue weighted by Gasteiger charge is -2.18. The molecule has 0 aromatic carbocycles. The van der Waals surface area contributed by atoms with Gasteiger partial charge in [0, 0.05) is 0 Å². The molecule has 78 valence electrons. The van der Waals surface area contributed by atoms with Crippen molar-refractivity contribution in [2.24, 2.45) is 0 Å². The van der Waals surface area contributed by atoms with Gasteiger partial charge in [-0.15, -0.1) is 0 Å². The van der Waals surface area contributed by atoms with Crippen LogP contribution in [-0.2, 0) is 4.74 Å². The molecule has 0 bridgehead atoms. The van der Waals surface area contributed by atoms with Crippen LogP contribution in [0.15, 0.2) is 9.85 Å². The van der Waals surface area contributed by atoms with E-state index in [2.05, 4.69) is 4.74 Å². The Balaban J connectivity index is 4.63. The van der Waals surface area contributed by atoms with Gasteiger partial charge in [-0.1, -0.05) is 0 Å². The lowest BCUT2D eigenvalue weighted by molar-refractivity contribution is -0.384. The summed E-state index contributed by atoms with van der Waals surface area (Å²) in [6.45, 7) is 0. The van der Waals surface area contributed by atoms with Crippen LogP contribution in [0.5, 0.6) is 0 Å². The molecule has 0 atom stereocenters. The summed E-state index contributed by atoms with van der Waals surface area (Å²) in [5, 5.41) is 0. The molecule has 0 heterocycles. The van der Waals surface area contributed by atoms with Crippen molar-refractivity contribution in [1.29, 1.82) is 0 Å². The van der Waals surface area contributed by atoms with E-state index in [9.17, 15) is 30.7 Å². The minimum absolute atomic E-state index is 0.549. The largest absolute Gasteiger partial charge is 0.500 e. The third-order valence-corrected chi connectivity index (χ3v) is 1.12. The van der Waals surface area contributed by atoms with Crippen molar-refractivity contribution in [3.63, 3.8) is 0 Å². The van der Waals surface area contributed by atoms with E-state index in [1.165, 1.54) is 0 Å². The second-order valence-electron chi connectivity index (χ2n) is 1.65. The summed E-state index contributed by atoms with van der Waals surface area (Å²) >= 11 is 0.549. The lowest BCUT2D eigenvalue weighted by atomic mass is 10.6. The molecule has 0 unspecified atom stereocenters. The van der Waals surface area contributed by atoms with Crippen molar-refractivity contribution < 1.29 is 35.5 Å². The zero-order valence-corrected chi connectivity index (χ0v) is 7.59. The van der Waals surface area contributed by atoms with Gasteiger partial charge in [-0.3, -0.25) is 0 Å². The maximum atomic E-state index is 11.8. The summed E-state index contributed by atoms with van der Waals surface area (Å²) in [6, 6.07) is -2.61. The summed E-state index contributed by atoms with van der Waals surface area (Å²) in [6.07, 6.45) is -11.8. The average molecular weight is 324 g/mol. The smallest absolute Gasteiger partial charge is 0.397 e. The van der Waals surface area contributed by atoms with E-state index in [4.69, 9.17) is 0 Å². The molecule has 0 aliphatic carbocycles. The second kappa shape index (κ2) is 3.88. The summed E-state index contributed by atoms with van der Waals surface area (Å²) < 4.78 is 81.3. The predicted octanol–water partition coefficient (Wildman–Crippen LogP) is 3.66. The van der Waals surface area contributed by atoms with Crippen molar-refractivity contribution in [3.8, 4) is 0 Å². The molecular formula is C4F7IO. The first-order valence-corrected chi connectivity index (χ1v) is 3.50. The molecule has 0 aromatic rings. The fourth-order valence-electron chi connectivity index (χ4n) is 0.209. The third-order valence-electron chi connectivity index (χ3n) is 0.696. The number of halogens is 8. The van der Waals surface area contributed by atoms with Gasteiger partial charge >= 0.3 is 18.3 Å². The van der Waals surface area contributed by atoms with Gasteiger partial charge in [-0.2, -0.15) is 30.7 Å². The van der Waals surface area contributed by atoms with Crippen LogP contribution in [0, 0.1) is 0 Å². The Labute approximate surface area is 80.7 Å². The maximum Gasteiger partial charge on any atom is 0.500 e. The zero-order chi connectivity index (χ0) is 10.9. The van der Waals surface area contributed by atoms with Crippen molar-refractivity contribution >= 4 is 22.6 Å². The maximum absolute atomic E-state index is 11.8. The van der Waals surface area contributed by atoms with Crippen molar-refractivity contribution in [2.45, 2.75) is 12.3 Å². The molecule has 0 spiro atoms. The lowest BCUT2D eigenvalue weighted by Crippen LogP contribution is -2.38. The number of alkyl halides is 5. The first kappa shape index (κ1) is 12.8. The Kier molecular flexibility index (Phi) is 3.82. The second-order valence-corrected chi connectivity index (χ2v) is 2.60. The molecule has 0 saturated heterocycles. The van der Waals surface area contributed by atoms with Crippen LogP contribution in [0.3, 0.4) is 0 Å². The van der Waals surface area contributed by atoms with Gasteiger partial charge in [0.05, 0.1) is 0 Å². The number of hydrogen-bond acceptors (Lipinski definition) is 1. The van der Waals surface area contributed by atoms with Gasteiger partial charge in [0.25, 0.3) is 0 Å². The highest BCUT2D eigenvalue weighted by Crippen LogP contribution is 2.39. The van der Waals surface area contributed by atoms with E-state index in [1.807, 2.05) is 0 Å². The molecule has 1 nitrogen and oxygen atoms in total. The van der Waals surface area contributed by atoms with E-state index in [1.54, 1.807) is 0 Å². The van der Waals surface area contributed by atoms with Crippen LogP contribution in [0.2, 0.25) is 0 Å². The average Bonchev–Trinajstić information content (AvgIpc) is 1.83. The highest BCUT2D eigenvalue weighted by Gasteiger charge is 2.61. The van der Waals surface area contributed by atoms with Crippen LogP contribution in [-0.4, -0.2) is 12.3 Å². The summed E-state index contributed by atoms with van der Waals surface area (Å²) in [7, 11) is 0. The molecule has 0 aliphatic heterocycles. The van der Waals surface area contributed by atoms with Crippen LogP contribution < -0.4 is 0 Å². The van der Waals surface area contributed by atoms with Gasteiger partial charge in [0.1, 0.15) is 0 Å². The standard InChI is InChI=1S/C4F7IO/c5-1(12)2(6)13-4(10,11)3(7,8)9. The van der Waals surface area contributed by atoms with E-state index in [0.717, 1.165) is 0 Å². The molecule has 0 N–H and O–H groups in total. The molecule has 0 saturated carbocycles. The first-order valence-electron chi connectivity index (χ1n) is 2.42. The minimum atomic E-state index is -6.09. The molecule has 0 amide bonds. The van der Waals surface area contributed by atoms with Crippen LogP contribution in [0.4, 0.5) is 30.7 Å². The van der Waals surface area contributed by atoms with Crippen molar-refractivity contribution in [2.75, 3.05) is 0 Å². The molecule has 0 aromatic heterocycles. The van der Waals surface area contributed by atoms with Crippen LogP contribution in [0.25, 0.3) is 0 Å². The number of ether oxygens (including phenoxy) is 1. The Morgan fingerprint density at radius 1 is 1.00 bits per heavy atom. The minimum Gasteiger partial charge on any atom is -0.397 e. The molecule has 0 aliphatic rings. The molecule has 13 heavy (non-hydrogen) atoms. The SMILES string of the molecule is FC(I)=C(F)OC(F)(F)C(F)(F)F. The van der Waals surface area contributed by atoms with Gasteiger partial charge in [-0.05, 0) is 22.6 Å². The Bertz CT molecular complexity index is 215. The zero-order valence-electron chi connectivity index (χ0n) is 5.43. The third kappa shape index (κ3) is 3.56. The quantitative estimate of drug-likeness (QED) is 0.428. The first-order chi connectivity index (χ1) is 5.58. The van der Waals surface area contributed by atoms with E-state index < -0.39 is 22.1 Å². The van der Waals surface area contributed by atoms with Gasteiger partial charge in [0.15, 0.2) is 0 Å². The Morgan fingerprint density at radius 2 is 1.38 bits per heavy atom. The molecular weight excluding hydrogens is 324 g/mol. The Hall–Kier alpha value is -0.220. The summed E-state index contributed by atoms with van der Waals surface area (Å²) in [4.78, 5) is 0. The number of rotatable bonds is 2. The highest BCUT2D eigenvalue weighted by molar-refractivity contribution is 14.1. The van der Waals surface area contributed by atoms with E-state index in [-0.39, 0.29) is 0 Å². The Morgan fingerprint density at radius 3 is 1.62 bits per heavy atom. The van der Waals surface area contributed by atoms with Gasteiger partial charge in [0.2, 0.25) is 3.83 Å². The predicted molar refractivity (Wildman–Crippen MR) is 35.3 cm³/mol. The highest BCUT2D eigenvalue weighted by atomic mass is 127. The van der Waals surface area contributed by atoms with Gasteiger partial charge in [-0.25, -0.2) is 0 Å². The fourth-order valence-corrected chi connectivity index (χ4v) is 0.319. The van der Waals surface area contributed by atoms with E-state index in [0.29, 0.717) is 22.6 Å². The molecule has 9 heteroatoms.